The van der Waals surface area contributed by atoms with E-state index >= 15 is 0 Å². The Bertz CT molecular complexity index is 985. The quantitative estimate of drug-likeness (QED) is 0.593. The SMILES string of the molecule is O=C(O)CCn1ccc(C(=O)Nc2nn(Cc3ccccc3F)cc2Br)n1. The fraction of sp³-hybridized carbons (Fsp3) is 0.176. The van der Waals surface area contributed by atoms with Gasteiger partial charge in [-0.05, 0) is 28.1 Å². The molecular formula is C17H15BrFN5O3. The van der Waals surface area contributed by atoms with E-state index in [4.69, 9.17) is 5.11 Å². The molecular weight excluding hydrogens is 421 g/mol. The lowest BCUT2D eigenvalue weighted by molar-refractivity contribution is -0.137. The third-order valence-corrected chi connectivity index (χ3v) is 4.25. The van der Waals surface area contributed by atoms with Crippen LogP contribution in [0.3, 0.4) is 0 Å². The minimum atomic E-state index is -0.944. The molecule has 27 heavy (non-hydrogen) atoms. The highest BCUT2D eigenvalue weighted by atomic mass is 79.9. The van der Waals surface area contributed by atoms with Gasteiger partial charge in [-0.25, -0.2) is 4.39 Å². The molecule has 2 aromatic heterocycles. The van der Waals surface area contributed by atoms with Gasteiger partial charge in [0.15, 0.2) is 11.5 Å². The van der Waals surface area contributed by atoms with Crippen molar-refractivity contribution >= 4 is 33.6 Å². The van der Waals surface area contributed by atoms with Crippen molar-refractivity contribution in [2.24, 2.45) is 0 Å². The first-order valence-corrected chi connectivity index (χ1v) is 8.74. The summed E-state index contributed by atoms with van der Waals surface area (Å²) in [6.45, 7) is 0.383. The Morgan fingerprint density at radius 1 is 1.19 bits per heavy atom. The summed E-state index contributed by atoms with van der Waals surface area (Å²) in [4.78, 5) is 22.9. The molecule has 0 unspecified atom stereocenters. The van der Waals surface area contributed by atoms with Crippen molar-refractivity contribution in [3.63, 3.8) is 0 Å². The number of rotatable bonds is 7. The number of aliphatic carboxylic acids is 1. The first kappa shape index (κ1) is 18.8. The standard InChI is InChI=1S/C17H15BrFN5O3/c18-12-10-24(9-11-3-1-2-4-13(11)19)22-16(12)20-17(27)14-5-7-23(21-14)8-6-15(25)26/h1-5,7,10H,6,8-9H2,(H,25,26)(H,20,22,27). The van der Waals surface area contributed by atoms with Gasteiger partial charge < -0.3 is 10.4 Å². The molecule has 3 rings (SSSR count). The number of nitrogens with one attached hydrogen (secondary N) is 1. The molecule has 3 aromatic rings. The molecule has 0 radical (unpaired) electrons. The first-order chi connectivity index (χ1) is 12.9. The van der Waals surface area contributed by atoms with Crippen LogP contribution in [0.2, 0.25) is 0 Å². The van der Waals surface area contributed by atoms with Crippen LogP contribution >= 0.6 is 15.9 Å². The maximum atomic E-state index is 13.8. The van der Waals surface area contributed by atoms with Crippen molar-refractivity contribution in [1.29, 1.82) is 0 Å². The number of amides is 1. The lowest BCUT2D eigenvalue weighted by atomic mass is 10.2. The maximum Gasteiger partial charge on any atom is 0.305 e. The molecule has 0 saturated heterocycles. The number of carboxylic acid groups (broad SMARTS) is 1. The highest BCUT2D eigenvalue weighted by Crippen LogP contribution is 2.21. The summed E-state index contributed by atoms with van der Waals surface area (Å²) in [5, 5.41) is 19.6. The number of aryl methyl sites for hydroxylation is 1. The van der Waals surface area contributed by atoms with E-state index in [0.717, 1.165) is 0 Å². The fourth-order valence-electron chi connectivity index (χ4n) is 2.35. The molecule has 1 amide bonds. The summed E-state index contributed by atoms with van der Waals surface area (Å²) >= 11 is 3.31. The Morgan fingerprint density at radius 2 is 1.96 bits per heavy atom. The molecule has 2 heterocycles. The lowest BCUT2D eigenvalue weighted by Crippen LogP contribution is -2.15. The van der Waals surface area contributed by atoms with Gasteiger partial charge >= 0.3 is 5.97 Å². The van der Waals surface area contributed by atoms with Crippen molar-refractivity contribution in [1.82, 2.24) is 19.6 Å². The van der Waals surface area contributed by atoms with Crippen LogP contribution in [-0.2, 0) is 17.9 Å². The Labute approximate surface area is 161 Å². The first-order valence-electron chi connectivity index (χ1n) is 7.95. The number of anilines is 1. The Hall–Kier alpha value is -3.01. The van der Waals surface area contributed by atoms with Crippen LogP contribution in [-0.4, -0.2) is 36.5 Å². The van der Waals surface area contributed by atoms with Crippen LogP contribution in [0, 0.1) is 5.82 Å². The second-order valence-corrected chi connectivity index (χ2v) is 6.53. The zero-order valence-electron chi connectivity index (χ0n) is 14.0. The number of carbonyl (C=O) groups excluding carboxylic acids is 1. The van der Waals surface area contributed by atoms with Crippen molar-refractivity contribution in [2.75, 3.05) is 5.32 Å². The van der Waals surface area contributed by atoms with E-state index in [-0.39, 0.29) is 36.8 Å². The molecule has 140 valence electrons. The second-order valence-electron chi connectivity index (χ2n) is 5.68. The lowest BCUT2D eigenvalue weighted by Gasteiger charge is -2.03. The number of carbonyl (C=O) groups is 2. The number of benzene rings is 1. The predicted octanol–water partition coefficient (Wildman–Crippen LogP) is 2.76. The van der Waals surface area contributed by atoms with Gasteiger partial charge in [0.2, 0.25) is 0 Å². The molecule has 0 bridgehead atoms. The third kappa shape index (κ3) is 4.79. The number of hydrogen-bond donors (Lipinski definition) is 2. The Balaban J connectivity index is 1.67. The number of aromatic nitrogens is 4. The van der Waals surface area contributed by atoms with E-state index in [1.165, 1.54) is 27.7 Å². The molecule has 0 atom stereocenters. The van der Waals surface area contributed by atoms with Gasteiger partial charge in [-0.15, -0.1) is 0 Å². The smallest absolute Gasteiger partial charge is 0.305 e. The van der Waals surface area contributed by atoms with Crippen LogP contribution < -0.4 is 5.32 Å². The predicted molar refractivity (Wildman–Crippen MR) is 97.9 cm³/mol. The van der Waals surface area contributed by atoms with Gasteiger partial charge in [-0.2, -0.15) is 10.2 Å². The van der Waals surface area contributed by atoms with E-state index in [0.29, 0.717) is 10.0 Å². The van der Waals surface area contributed by atoms with E-state index in [1.807, 2.05) is 0 Å². The van der Waals surface area contributed by atoms with Gasteiger partial charge in [-0.1, -0.05) is 18.2 Å². The number of halogens is 2. The molecule has 1 aromatic carbocycles. The van der Waals surface area contributed by atoms with Crippen molar-refractivity contribution < 1.29 is 19.1 Å². The summed E-state index contributed by atoms with van der Waals surface area (Å²) in [6.07, 6.45) is 3.08. The Morgan fingerprint density at radius 3 is 2.70 bits per heavy atom. The molecule has 10 heteroatoms. The Kier molecular flexibility index (Phi) is 5.65. The summed E-state index contributed by atoms with van der Waals surface area (Å²) in [7, 11) is 0. The largest absolute Gasteiger partial charge is 0.481 e. The third-order valence-electron chi connectivity index (χ3n) is 3.67. The van der Waals surface area contributed by atoms with Crippen molar-refractivity contribution in [3.8, 4) is 0 Å². The normalized spacial score (nSPS) is 10.7. The van der Waals surface area contributed by atoms with Crippen molar-refractivity contribution in [3.05, 3.63) is 64.3 Å². The summed E-state index contributed by atoms with van der Waals surface area (Å²) in [5.74, 6) is -1.49. The van der Waals surface area contributed by atoms with E-state index in [9.17, 15) is 14.0 Å². The van der Waals surface area contributed by atoms with Gasteiger partial charge in [-0.3, -0.25) is 19.0 Å². The average Bonchev–Trinajstić information content (AvgIpc) is 3.22. The van der Waals surface area contributed by atoms with Crippen LogP contribution in [0.4, 0.5) is 10.2 Å². The molecule has 0 spiro atoms. The molecule has 0 aliphatic heterocycles. The van der Waals surface area contributed by atoms with Gasteiger partial charge in [0, 0.05) is 18.0 Å². The van der Waals surface area contributed by atoms with Crippen molar-refractivity contribution in [2.45, 2.75) is 19.5 Å². The van der Waals surface area contributed by atoms with Gasteiger partial charge in [0.05, 0.1) is 24.0 Å². The summed E-state index contributed by atoms with van der Waals surface area (Å²) in [6, 6.07) is 7.87. The molecule has 0 saturated carbocycles. The van der Waals surface area contributed by atoms with Crippen LogP contribution in [0.5, 0.6) is 0 Å². The molecule has 0 aliphatic carbocycles. The molecule has 2 N–H and O–H groups in total. The van der Waals surface area contributed by atoms with E-state index in [1.54, 1.807) is 24.4 Å². The minimum Gasteiger partial charge on any atom is -0.481 e. The van der Waals surface area contributed by atoms with Crippen LogP contribution in [0.25, 0.3) is 0 Å². The number of hydrogen-bond acceptors (Lipinski definition) is 4. The van der Waals surface area contributed by atoms with Crippen LogP contribution in [0.1, 0.15) is 22.5 Å². The molecule has 8 nitrogen and oxygen atoms in total. The minimum absolute atomic E-state index is 0.0886. The second kappa shape index (κ2) is 8.12. The number of nitrogens with zero attached hydrogens (tertiary/aromatic N) is 4. The number of carboxylic acids is 1. The topological polar surface area (TPSA) is 102 Å². The maximum absolute atomic E-state index is 13.8. The van der Waals surface area contributed by atoms with Crippen LogP contribution in [0.15, 0.2) is 47.2 Å². The van der Waals surface area contributed by atoms with E-state index < -0.39 is 11.9 Å². The average molecular weight is 436 g/mol. The van der Waals surface area contributed by atoms with Gasteiger partial charge in [0.1, 0.15) is 5.82 Å². The highest BCUT2D eigenvalue weighted by molar-refractivity contribution is 9.10. The molecule has 0 fully saturated rings. The zero-order chi connectivity index (χ0) is 19.4. The zero-order valence-corrected chi connectivity index (χ0v) is 15.6. The summed E-state index contributed by atoms with van der Waals surface area (Å²) in [5.41, 5.74) is 0.610. The highest BCUT2D eigenvalue weighted by Gasteiger charge is 2.15. The van der Waals surface area contributed by atoms with Gasteiger partial charge in [0.25, 0.3) is 5.91 Å². The monoisotopic (exact) mass is 435 g/mol. The summed E-state index contributed by atoms with van der Waals surface area (Å²) < 4.78 is 17.2. The fourth-order valence-corrected chi connectivity index (χ4v) is 2.77. The molecule has 0 aliphatic rings. The van der Waals surface area contributed by atoms with E-state index in [2.05, 4.69) is 31.4 Å².